The molecule has 25 heavy (non-hydrogen) atoms. The van der Waals surface area contributed by atoms with Crippen molar-refractivity contribution in [2.24, 2.45) is 0 Å². The van der Waals surface area contributed by atoms with Crippen molar-refractivity contribution in [3.8, 4) is 17.6 Å². The molecule has 0 aliphatic rings. The molecule has 0 N–H and O–H groups in total. The van der Waals surface area contributed by atoms with Gasteiger partial charge in [-0.1, -0.05) is 12.1 Å². The fourth-order valence-electron chi connectivity index (χ4n) is 2.27. The van der Waals surface area contributed by atoms with E-state index in [0.717, 1.165) is 0 Å². The summed E-state index contributed by atoms with van der Waals surface area (Å²) in [4.78, 5) is 10.4. The van der Waals surface area contributed by atoms with E-state index < -0.39 is 4.92 Å². The summed E-state index contributed by atoms with van der Waals surface area (Å²) in [6.07, 6.45) is 1.64. The van der Waals surface area contributed by atoms with E-state index in [9.17, 15) is 15.4 Å². The van der Waals surface area contributed by atoms with E-state index in [-0.39, 0.29) is 5.69 Å². The van der Waals surface area contributed by atoms with E-state index in [4.69, 9.17) is 9.47 Å². The van der Waals surface area contributed by atoms with Crippen LogP contribution in [0.3, 0.4) is 0 Å². The van der Waals surface area contributed by atoms with Gasteiger partial charge in [0.25, 0.3) is 5.69 Å². The number of benzene rings is 2. The summed E-state index contributed by atoms with van der Waals surface area (Å²) in [6.45, 7) is 2.33. The molecule has 0 radical (unpaired) electrons. The third-order valence-corrected chi connectivity index (χ3v) is 3.92. The molecule has 0 aliphatic heterocycles. The number of non-ortho nitro benzene ring substituents is 1. The van der Waals surface area contributed by atoms with Crippen molar-refractivity contribution in [3.05, 3.63) is 62.1 Å². The summed E-state index contributed by atoms with van der Waals surface area (Å²) in [7, 11) is 1.54. The van der Waals surface area contributed by atoms with Gasteiger partial charge in [0.1, 0.15) is 0 Å². The van der Waals surface area contributed by atoms with E-state index >= 15 is 0 Å². The van der Waals surface area contributed by atoms with Crippen LogP contribution in [-0.2, 0) is 0 Å². The number of nitriles is 1. The van der Waals surface area contributed by atoms with Crippen LogP contribution in [0.5, 0.6) is 11.5 Å². The van der Waals surface area contributed by atoms with E-state index in [1.165, 1.54) is 12.1 Å². The van der Waals surface area contributed by atoms with E-state index in [1.54, 1.807) is 37.5 Å². The largest absolute Gasteiger partial charge is 0.492 e. The number of nitrogens with zero attached hydrogens (tertiary/aromatic N) is 2. The molecular weight excluding hydrogens is 388 g/mol. The smallest absolute Gasteiger partial charge is 0.270 e. The highest BCUT2D eigenvalue weighted by molar-refractivity contribution is 9.10. The summed E-state index contributed by atoms with van der Waals surface area (Å²) < 4.78 is 11.6. The van der Waals surface area contributed by atoms with Crippen molar-refractivity contribution < 1.29 is 14.4 Å². The van der Waals surface area contributed by atoms with Crippen LogP contribution in [0.1, 0.15) is 18.1 Å². The molecule has 0 aliphatic carbocycles. The predicted molar refractivity (Wildman–Crippen MR) is 98.4 cm³/mol. The van der Waals surface area contributed by atoms with Gasteiger partial charge in [-0.25, -0.2) is 0 Å². The Hall–Kier alpha value is -2.85. The highest BCUT2D eigenvalue weighted by Gasteiger charge is 2.12. The second kappa shape index (κ2) is 8.31. The summed E-state index contributed by atoms with van der Waals surface area (Å²) in [5, 5.41) is 20.4. The molecule has 2 aromatic rings. The molecule has 0 spiro atoms. The molecule has 6 nitrogen and oxygen atoms in total. The summed E-state index contributed by atoms with van der Waals surface area (Å²) in [5.74, 6) is 1.11. The van der Waals surface area contributed by atoms with Gasteiger partial charge in [0.15, 0.2) is 11.5 Å². The maximum atomic E-state index is 10.9. The first kappa shape index (κ1) is 18.5. The van der Waals surface area contributed by atoms with Gasteiger partial charge >= 0.3 is 0 Å². The molecular formula is C18H15BrN2O4. The lowest BCUT2D eigenvalue weighted by Gasteiger charge is -2.12. The molecule has 0 amide bonds. The molecule has 2 aromatic carbocycles. The zero-order valence-electron chi connectivity index (χ0n) is 13.7. The minimum Gasteiger partial charge on any atom is -0.492 e. The minimum absolute atomic E-state index is 0.0652. The standard InChI is InChI=1S/C18H15BrN2O4/c1-3-25-17-9-12(8-16(19)18(17)24-2)7-14(11-20)13-5-4-6-15(10-13)21(22)23/h4-10H,3H2,1-2H3. The zero-order chi connectivity index (χ0) is 18.4. The van der Waals surface area contributed by atoms with Gasteiger partial charge in [-0.3, -0.25) is 10.1 Å². The second-order valence-corrected chi connectivity index (χ2v) is 5.80. The molecule has 0 unspecified atom stereocenters. The maximum Gasteiger partial charge on any atom is 0.270 e. The summed E-state index contributed by atoms with van der Waals surface area (Å²) in [5.41, 5.74) is 1.42. The monoisotopic (exact) mass is 402 g/mol. The van der Waals surface area contributed by atoms with E-state index in [0.29, 0.717) is 39.3 Å². The van der Waals surface area contributed by atoms with Gasteiger partial charge < -0.3 is 9.47 Å². The maximum absolute atomic E-state index is 10.9. The Kier molecular flexibility index (Phi) is 6.14. The van der Waals surface area contributed by atoms with Crippen molar-refractivity contribution in [1.82, 2.24) is 0 Å². The molecule has 7 heteroatoms. The van der Waals surface area contributed by atoms with Crippen LogP contribution in [0.15, 0.2) is 40.9 Å². The van der Waals surface area contributed by atoms with Crippen LogP contribution < -0.4 is 9.47 Å². The van der Waals surface area contributed by atoms with Crippen molar-refractivity contribution in [3.63, 3.8) is 0 Å². The molecule has 0 saturated heterocycles. The topological polar surface area (TPSA) is 85.4 Å². The zero-order valence-corrected chi connectivity index (χ0v) is 15.2. The Bertz CT molecular complexity index is 872. The van der Waals surface area contributed by atoms with Crippen LogP contribution in [-0.4, -0.2) is 18.6 Å². The lowest BCUT2D eigenvalue weighted by Crippen LogP contribution is -1.97. The summed E-state index contributed by atoms with van der Waals surface area (Å²) >= 11 is 3.42. The van der Waals surface area contributed by atoms with Crippen molar-refractivity contribution in [2.75, 3.05) is 13.7 Å². The predicted octanol–water partition coefficient (Wildman–Crippen LogP) is 4.83. The second-order valence-electron chi connectivity index (χ2n) is 4.94. The van der Waals surface area contributed by atoms with Gasteiger partial charge in [0.2, 0.25) is 0 Å². The number of nitro benzene ring substituents is 1. The number of allylic oxidation sites excluding steroid dienone is 1. The molecule has 0 heterocycles. The van der Waals surface area contributed by atoms with Crippen LogP contribution in [0.25, 0.3) is 11.6 Å². The first-order chi connectivity index (χ1) is 12.0. The number of nitro groups is 1. The van der Waals surface area contributed by atoms with E-state index in [1.807, 2.05) is 6.92 Å². The fraction of sp³-hybridized carbons (Fsp3) is 0.167. The Morgan fingerprint density at radius 2 is 2.16 bits per heavy atom. The van der Waals surface area contributed by atoms with Crippen molar-refractivity contribution in [1.29, 1.82) is 5.26 Å². The Labute approximate surface area is 153 Å². The molecule has 2 rings (SSSR count). The quantitative estimate of drug-likeness (QED) is 0.299. The normalized spacial score (nSPS) is 10.9. The average Bonchev–Trinajstić information content (AvgIpc) is 2.60. The third-order valence-electron chi connectivity index (χ3n) is 3.34. The molecule has 0 bridgehead atoms. The number of hydrogen-bond acceptors (Lipinski definition) is 5. The number of halogens is 1. The van der Waals surface area contributed by atoms with E-state index in [2.05, 4.69) is 22.0 Å². The molecule has 0 fully saturated rings. The van der Waals surface area contributed by atoms with Gasteiger partial charge in [-0.05, 0) is 52.2 Å². The van der Waals surface area contributed by atoms with Crippen LogP contribution in [0, 0.1) is 21.4 Å². The van der Waals surface area contributed by atoms with Gasteiger partial charge in [-0.15, -0.1) is 0 Å². The number of hydrogen-bond donors (Lipinski definition) is 0. The molecule has 0 atom stereocenters. The lowest BCUT2D eigenvalue weighted by atomic mass is 10.0. The first-order valence-corrected chi connectivity index (χ1v) is 8.16. The van der Waals surface area contributed by atoms with Crippen molar-refractivity contribution >= 4 is 33.3 Å². The van der Waals surface area contributed by atoms with Gasteiger partial charge in [0.05, 0.1) is 34.8 Å². The van der Waals surface area contributed by atoms with Crippen LogP contribution in [0.2, 0.25) is 0 Å². The van der Waals surface area contributed by atoms with Crippen LogP contribution in [0.4, 0.5) is 5.69 Å². The average molecular weight is 403 g/mol. The van der Waals surface area contributed by atoms with Crippen molar-refractivity contribution in [2.45, 2.75) is 6.92 Å². The SMILES string of the molecule is CCOc1cc(C=C(C#N)c2cccc([N+](=O)[O-])c2)cc(Br)c1OC. The number of rotatable bonds is 6. The van der Waals surface area contributed by atoms with Gasteiger partial charge in [0, 0.05) is 12.1 Å². The Morgan fingerprint density at radius 1 is 1.40 bits per heavy atom. The number of ether oxygens (including phenoxy) is 2. The Balaban J connectivity index is 2.51. The van der Waals surface area contributed by atoms with Gasteiger partial charge in [-0.2, -0.15) is 5.26 Å². The Morgan fingerprint density at radius 3 is 2.76 bits per heavy atom. The number of methoxy groups -OCH3 is 1. The molecule has 0 aromatic heterocycles. The third kappa shape index (κ3) is 4.37. The first-order valence-electron chi connectivity index (χ1n) is 7.37. The lowest BCUT2D eigenvalue weighted by molar-refractivity contribution is -0.384. The highest BCUT2D eigenvalue weighted by atomic mass is 79.9. The highest BCUT2D eigenvalue weighted by Crippen LogP contribution is 2.37. The minimum atomic E-state index is -0.490. The molecule has 128 valence electrons. The van der Waals surface area contributed by atoms with Crippen LogP contribution >= 0.6 is 15.9 Å². The molecule has 0 saturated carbocycles. The fourth-order valence-corrected chi connectivity index (χ4v) is 2.89. The summed E-state index contributed by atoms with van der Waals surface area (Å²) in [6, 6.07) is 11.6.